The number of rotatable bonds is 13. The van der Waals surface area contributed by atoms with Gasteiger partial charge in [0.25, 0.3) is 0 Å². The van der Waals surface area contributed by atoms with Crippen molar-refractivity contribution in [1.29, 1.82) is 0 Å². The van der Waals surface area contributed by atoms with Crippen LogP contribution < -0.4 is 10.6 Å². The second kappa shape index (κ2) is 15.6. The first-order chi connectivity index (χ1) is 16.6. The molecule has 34 heavy (non-hydrogen) atoms. The van der Waals surface area contributed by atoms with Gasteiger partial charge in [-0.3, -0.25) is 4.79 Å². The lowest BCUT2D eigenvalue weighted by Crippen LogP contribution is -2.35. The summed E-state index contributed by atoms with van der Waals surface area (Å²) in [6.45, 7) is 6.61. The van der Waals surface area contributed by atoms with Gasteiger partial charge in [0.15, 0.2) is 5.89 Å². The van der Waals surface area contributed by atoms with Crippen molar-refractivity contribution in [3.05, 3.63) is 64.4 Å². The number of nitrogens with one attached hydrogen (secondary N) is 2. The topological polar surface area (TPSA) is 121 Å². The summed E-state index contributed by atoms with van der Waals surface area (Å²) in [5.74, 6) is 2.37. The van der Waals surface area contributed by atoms with E-state index in [9.17, 15) is 4.79 Å². The number of benzene rings is 1. The number of hydrogen-bond acceptors (Lipinski definition) is 9. The summed E-state index contributed by atoms with van der Waals surface area (Å²) in [4.78, 5) is 20.9. The number of hydrogen-bond donors (Lipinski definition) is 4. The Labute approximate surface area is 209 Å². The van der Waals surface area contributed by atoms with Crippen molar-refractivity contribution in [2.24, 2.45) is 0 Å². The van der Waals surface area contributed by atoms with Crippen molar-refractivity contribution in [1.82, 2.24) is 20.6 Å². The van der Waals surface area contributed by atoms with E-state index in [4.69, 9.17) is 14.6 Å². The summed E-state index contributed by atoms with van der Waals surface area (Å²) in [5.41, 5.74) is 1.94. The molecule has 0 atom stereocenters. The predicted molar refractivity (Wildman–Crippen MR) is 136 cm³/mol. The SMILES string of the molecule is CC.Cc1cnc(CCSc2cnc(CNC(=O)Cc3ccc(CNC(CO)CO)cc3)s2)o1. The Bertz CT molecular complexity index is 972. The van der Waals surface area contributed by atoms with Crippen LogP contribution in [0.5, 0.6) is 0 Å². The van der Waals surface area contributed by atoms with Crippen molar-refractivity contribution < 1.29 is 19.4 Å². The molecular formula is C24H34N4O4S2. The number of aliphatic hydroxyl groups is 2. The summed E-state index contributed by atoms with van der Waals surface area (Å²) < 4.78 is 6.58. The Hall–Kier alpha value is -2.24. The number of amides is 1. The first kappa shape index (κ1) is 28.0. The van der Waals surface area contributed by atoms with Gasteiger partial charge in [-0.1, -0.05) is 38.1 Å². The third-order valence-corrected chi connectivity index (χ3v) is 6.82. The van der Waals surface area contributed by atoms with E-state index in [-0.39, 0.29) is 25.2 Å². The molecule has 0 aliphatic heterocycles. The normalized spacial score (nSPS) is 10.8. The smallest absolute Gasteiger partial charge is 0.224 e. The molecule has 2 heterocycles. The third kappa shape index (κ3) is 9.94. The van der Waals surface area contributed by atoms with Crippen molar-refractivity contribution in [2.75, 3.05) is 19.0 Å². The number of aliphatic hydroxyl groups excluding tert-OH is 2. The molecule has 0 radical (unpaired) electrons. The summed E-state index contributed by atoms with van der Waals surface area (Å²) in [7, 11) is 0. The zero-order chi connectivity index (χ0) is 24.8. The lowest BCUT2D eigenvalue weighted by molar-refractivity contribution is -0.120. The number of aromatic nitrogens is 2. The second-order valence-corrected chi connectivity index (χ2v) is 9.76. The first-order valence-electron chi connectivity index (χ1n) is 11.3. The minimum Gasteiger partial charge on any atom is -0.446 e. The zero-order valence-corrected chi connectivity index (χ0v) is 21.5. The van der Waals surface area contributed by atoms with Gasteiger partial charge in [0.05, 0.1) is 48.8 Å². The van der Waals surface area contributed by atoms with E-state index in [2.05, 4.69) is 20.6 Å². The summed E-state index contributed by atoms with van der Waals surface area (Å²) in [6.07, 6.45) is 4.63. The predicted octanol–water partition coefficient (Wildman–Crippen LogP) is 3.10. The van der Waals surface area contributed by atoms with Gasteiger partial charge in [-0.2, -0.15) is 0 Å². The molecule has 1 aromatic carbocycles. The molecule has 0 bridgehead atoms. The van der Waals surface area contributed by atoms with E-state index in [0.29, 0.717) is 19.5 Å². The van der Waals surface area contributed by atoms with E-state index in [1.54, 1.807) is 29.3 Å². The standard InChI is InChI=1S/C22H28N4O4S2.C2H6/c1-15-9-25-20(30-15)6-7-31-22-12-26-21(32-22)11-24-19(29)8-16-2-4-17(5-3-16)10-23-18(13-27)14-28;1-2/h2-5,9,12,18,23,27-28H,6-8,10-11,13-14H2,1H3,(H,24,29);1-2H3. The number of carbonyl (C=O) groups is 1. The van der Waals surface area contributed by atoms with E-state index in [1.807, 2.05) is 51.2 Å². The maximum absolute atomic E-state index is 12.3. The van der Waals surface area contributed by atoms with Crippen molar-refractivity contribution >= 4 is 29.0 Å². The Morgan fingerprint density at radius 2 is 1.79 bits per heavy atom. The van der Waals surface area contributed by atoms with Gasteiger partial charge < -0.3 is 25.3 Å². The van der Waals surface area contributed by atoms with E-state index in [0.717, 1.165) is 44.2 Å². The van der Waals surface area contributed by atoms with Crippen LogP contribution >= 0.6 is 23.1 Å². The Morgan fingerprint density at radius 3 is 2.44 bits per heavy atom. The minimum absolute atomic E-state index is 0.0554. The van der Waals surface area contributed by atoms with Crippen LogP contribution in [0.25, 0.3) is 0 Å². The molecule has 1 amide bonds. The van der Waals surface area contributed by atoms with Crippen LogP contribution in [0.15, 0.2) is 45.3 Å². The van der Waals surface area contributed by atoms with Crippen molar-refractivity contribution in [3.63, 3.8) is 0 Å². The summed E-state index contributed by atoms with van der Waals surface area (Å²) >= 11 is 3.28. The van der Waals surface area contributed by atoms with Crippen molar-refractivity contribution in [2.45, 2.75) is 57.0 Å². The van der Waals surface area contributed by atoms with Crippen LogP contribution in [0.4, 0.5) is 0 Å². The lowest BCUT2D eigenvalue weighted by Gasteiger charge is -2.13. The molecule has 0 saturated heterocycles. The van der Waals surface area contributed by atoms with Gasteiger partial charge in [0.1, 0.15) is 10.8 Å². The zero-order valence-electron chi connectivity index (χ0n) is 19.9. The minimum atomic E-state index is -0.331. The van der Waals surface area contributed by atoms with E-state index in [1.165, 1.54) is 0 Å². The third-order valence-electron chi connectivity index (χ3n) is 4.62. The Kier molecular flexibility index (Phi) is 12.9. The highest BCUT2D eigenvalue weighted by atomic mass is 32.2. The molecule has 186 valence electrons. The highest BCUT2D eigenvalue weighted by molar-refractivity contribution is 8.01. The van der Waals surface area contributed by atoms with Crippen LogP contribution in [0.1, 0.15) is 41.6 Å². The van der Waals surface area contributed by atoms with Gasteiger partial charge in [-0.05, 0) is 18.1 Å². The van der Waals surface area contributed by atoms with Crippen LogP contribution in [0.2, 0.25) is 0 Å². The fourth-order valence-electron chi connectivity index (χ4n) is 2.84. The molecule has 0 saturated carbocycles. The quantitative estimate of drug-likeness (QED) is 0.261. The largest absolute Gasteiger partial charge is 0.446 e. The number of nitrogens with zero attached hydrogens (tertiary/aromatic N) is 2. The average molecular weight is 507 g/mol. The Balaban J connectivity index is 0.00000199. The molecule has 8 nitrogen and oxygen atoms in total. The molecule has 2 aromatic heterocycles. The van der Waals surface area contributed by atoms with Crippen LogP contribution in [0.3, 0.4) is 0 Å². The maximum atomic E-state index is 12.3. The molecule has 3 rings (SSSR count). The van der Waals surface area contributed by atoms with Gasteiger partial charge in [0.2, 0.25) is 5.91 Å². The molecule has 0 aliphatic rings. The molecular weight excluding hydrogens is 472 g/mol. The fraction of sp³-hybridized carbons (Fsp3) is 0.458. The van der Waals surface area contributed by atoms with Crippen LogP contribution in [0, 0.1) is 6.92 Å². The molecule has 0 spiro atoms. The lowest BCUT2D eigenvalue weighted by atomic mass is 10.1. The van der Waals surface area contributed by atoms with Crippen molar-refractivity contribution in [3.8, 4) is 0 Å². The molecule has 0 unspecified atom stereocenters. The van der Waals surface area contributed by atoms with Gasteiger partial charge >= 0.3 is 0 Å². The number of thiazole rings is 1. The number of carbonyl (C=O) groups excluding carboxylic acids is 1. The number of thioether (sulfide) groups is 1. The first-order valence-corrected chi connectivity index (χ1v) is 13.1. The molecule has 0 aliphatic carbocycles. The van der Waals surface area contributed by atoms with Crippen LogP contribution in [-0.4, -0.2) is 51.1 Å². The van der Waals surface area contributed by atoms with E-state index >= 15 is 0 Å². The highest BCUT2D eigenvalue weighted by Gasteiger charge is 2.09. The molecule has 10 heteroatoms. The Morgan fingerprint density at radius 1 is 1.09 bits per heavy atom. The number of aryl methyl sites for hydroxylation is 2. The van der Waals surface area contributed by atoms with Crippen LogP contribution in [-0.2, 0) is 30.7 Å². The molecule has 3 aromatic rings. The highest BCUT2D eigenvalue weighted by Crippen LogP contribution is 2.25. The fourth-order valence-corrected chi connectivity index (χ4v) is 4.81. The summed E-state index contributed by atoms with van der Waals surface area (Å²) in [5, 5.41) is 25.0. The molecule has 4 N–H and O–H groups in total. The number of oxazole rings is 1. The van der Waals surface area contributed by atoms with Gasteiger partial charge in [-0.15, -0.1) is 23.1 Å². The van der Waals surface area contributed by atoms with Gasteiger partial charge in [0, 0.05) is 18.7 Å². The van der Waals surface area contributed by atoms with E-state index < -0.39 is 0 Å². The average Bonchev–Trinajstić information content (AvgIpc) is 3.49. The summed E-state index contributed by atoms with van der Waals surface area (Å²) in [6, 6.07) is 7.37. The van der Waals surface area contributed by atoms with Gasteiger partial charge in [-0.25, -0.2) is 9.97 Å². The second-order valence-electron chi connectivity index (χ2n) is 7.25. The maximum Gasteiger partial charge on any atom is 0.224 e. The monoisotopic (exact) mass is 506 g/mol. The molecule has 0 fully saturated rings.